The van der Waals surface area contributed by atoms with Gasteiger partial charge < -0.3 is 5.32 Å². The number of thioether (sulfide) groups is 1. The third-order valence-electron chi connectivity index (χ3n) is 5.73. The molecule has 0 saturated carbocycles. The van der Waals surface area contributed by atoms with Crippen LogP contribution < -0.4 is 5.32 Å². The van der Waals surface area contributed by atoms with Crippen LogP contribution in [0.25, 0.3) is 0 Å². The van der Waals surface area contributed by atoms with E-state index in [0.717, 1.165) is 28.8 Å². The highest BCUT2D eigenvalue weighted by atomic mass is 35.5. The fourth-order valence-corrected chi connectivity index (χ4v) is 5.38. The maximum Gasteiger partial charge on any atom is 0.227 e. The minimum absolute atomic E-state index is 0.115. The summed E-state index contributed by atoms with van der Waals surface area (Å²) in [5.74, 6) is 0.994. The van der Waals surface area contributed by atoms with Gasteiger partial charge in [-0.05, 0) is 47.2 Å². The molecule has 1 N–H and O–H groups in total. The lowest BCUT2D eigenvalue weighted by molar-refractivity contribution is -0.118. The smallest absolute Gasteiger partial charge is 0.227 e. The molecule has 32 heavy (non-hydrogen) atoms. The molecule has 0 amide bonds. The summed E-state index contributed by atoms with van der Waals surface area (Å²) < 4.78 is 15.3. The van der Waals surface area contributed by atoms with Crippen molar-refractivity contribution in [3.05, 3.63) is 81.8 Å². The Morgan fingerprint density at radius 3 is 2.81 bits per heavy atom. The van der Waals surface area contributed by atoms with Crippen molar-refractivity contribution in [2.24, 2.45) is 5.41 Å². The molecule has 8 heteroatoms. The largest absolute Gasteiger partial charge is 0.328 e. The molecule has 2 heterocycles. The first-order valence-corrected chi connectivity index (χ1v) is 11.8. The third kappa shape index (κ3) is 4.07. The normalized spacial score (nSPS) is 19.4. The van der Waals surface area contributed by atoms with Gasteiger partial charge in [-0.2, -0.15) is 4.98 Å². The molecule has 0 saturated heterocycles. The summed E-state index contributed by atoms with van der Waals surface area (Å²) in [6, 6.07) is 13.7. The zero-order valence-electron chi connectivity index (χ0n) is 17.7. The van der Waals surface area contributed by atoms with Crippen molar-refractivity contribution < 1.29 is 9.18 Å². The Morgan fingerprint density at radius 1 is 1.22 bits per heavy atom. The van der Waals surface area contributed by atoms with Crippen LogP contribution in [0.1, 0.15) is 43.9 Å². The molecule has 0 fully saturated rings. The molecular formula is C24H22ClFN4OS. The molecule has 2 aromatic carbocycles. The van der Waals surface area contributed by atoms with E-state index in [-0.39, 0.29) is 23.1 Å². The summed E-state index contributed by atoms with van der Waals surface area (Å²) >= 11 is 7.72. The van der Waals surface area contributed by atoms with E-state index < -0.39 is 0 Å². The molecule has 164 valence electrons. The molecule has 1 unspecified atom stereocenters. The van der Waals surface area contributed by atoms with E-state index in [0.29, 0.717) is 28.3 Å². The maximum absolute atomic E-state index is 13.5. The lowest BCUT2D eigenvalue weighted by Gasteiger charge is -2.38. The summed E-state index contributed by atoms with van der Waals surface area (Å²) in [5, 5.41) is 9.26. The highest BCUT2D eigenvalue weighted by molar-refractivity contribution is 7.98. The van der Waals surface area contributed by atoms with E-state index in [9.17, 15) is 9.18 Å². The predicted octanol–water partition coefficient (Wildman–Crippen LogP) is 6.02. The van der Waals surface area contributed by atoms with Crippen LogP contribution in [-0.4, -0.2) is 20.5 Å². The highest BCUT2D eigenvalue weighted by Gasteiger charge is 2.41. The van der Waals surface area contributed by atoms with Gasteiger partial charge in [0.2, 0.25) is 11.1 Å². The topological polar surface area (TPSA) is 59.8 Å². The molecule has 3 aromatic rings. The summed E-state index contributed by atoms with van der Waals surface area (Å²) in [4.78, 5) is 17.9. The first-order chi connectivity index (χ1) is 15.3. The number of benzene rings is 2. The van der Waals surface area contributed by atoms with Gasteiger partial charge in [-0.1, -0.05) is 61.5 Å². The Bertz CT molecular complexity index is 1250. The van der Waals surface area contributed by atoms with Gasteiger partial charge in [-0.25, -0.2) is 9.07 Å². The van der Waals surface area contributed by atoms with Crippen LogP contribution in [0, 0.1) is 11.2 Å². The number of ketones is 1. The third-order valence-corrected chi connectivity index (χ3v) is 6.88. The highest BCUT2D eigenvalue weighted by Crippen LogP contribution is 2.46. The second kappa shape index (κ2) is 8.05. The van der Waals surface area contributed by atoms with Gasteiger partial charge in [0.15, 0.2) is 5.78 Å². The van der Waals surface area contributed by atoms with E-state index >= 15 is 0 Å². The van der Waals surface area contributed by atoms with Crippen LogP contribution in [0.3, 0.4) is 0 Å². The fourth-order valence-electron chi connectivity index (χ4n) is 4.41. The van der Waals surface area contributed by atoms with Crippen LogP contribution in [0.5, 0.6) is 0 Å². The molecule has 5 nitrogen and oxygen atoms in total. The molecule has 1 atom stereocenters. The predicted molar refractivity (Wildman–Crippen MR) is 124 cm³/mol. The zero-order chi connectivity index (χ0) is 22.5. The Morgan fingerprint density at radius 2 is 2.03 bits per heavy atom. The van der Waals surface area contributed by atoms with Crippen molar-refractivity contribution in [3.63, 3.8) is 0 Å². The van der Waals surface area contributed by atoms with Crippen molar-refractivity contribution >= 4 is 35.1 Å². The molecule has 5 rings (SSSR count). The second-order valence-electron chi connectivity index (χ2n) is 9.00. The number of carbonyl (C=O) groups excluding carboxylic acids is 1. The lowest BCUT2D eigenvalue weighted by atomic mass is 9.73. The standard InChI is InChI=1S/C24H22ClFN4OS/c1-24(2)11-18-20(19(31)12-24)21(15-6-4-7-16(25)10-15)30-22(27-18)28-23(29-30)32-13-14-5-3-8-17(26)9-14/h3-10,21H,11-13H2,1-2H3,(H,27,28,29). The minimum Gasteiger partial charge on any atom is -0.328 e. The number of carbonyl (C=O) groups is 1. The quantitative estimate of drug-likeness (QED) is 0.474. The molecule has 1 aliphatic carbocycles. The van der Waals surface area contributed by atoms with E-state index in [1.807, 2.05) is 30.3 Å². The van der Waals surface area contributed by atoms with E-state index in [2.05, 4.69) is 24.1 Å². The van der Waals surface area contributed by atoms with Crippen LogP contribution >= 0.6 is 23.4 Å². The molecular weight excluding hydrogens is 447 g/mol. The van der Waals surface area contributed by atoms with Gasteiger partial charge >= 0.3 is 0 Å². The number of hydrogen-bond donors (Lipinski definition) is 1. The number of rotatable bonds is 4. The van der Waals surface area contributed by atoms with Crippen molar-refractivity contribution in [1.29, 1.82) is 0 Å². The summed E-state index contributed by atoms with van der Waals surface area (Å²) in [5.41, 5.74) is 3.26. The number of allylic oxidation sites excluding steroid dienone is 2. The van der Waals surface area contributed by atoms with Crippen molar-refractivity contribution in [2.75, 3.05) is 5.32 Å². The maximum atomic E-state index is 13.5. The SMILES string of the molecule is CC1(C)CC(=O)C2=C(C1)Nc1nc(SCc3cccc(F)c3)nn1C2c1cccc(Cl)c1. The number of hydrogen-bond acceptors (Lipinski definition) is 5. The second-order valence-corrected chi connectivity index (χ2v) is 10.4. The van der Waals surface area contributed by atoms with Crippen LogP contribution in [-0.2, 0) is 10.5 Å². The number of halogens is 2. The van der Waals surface area contributed by atoms with Gasteiger partial charge in [0.25, 0.3) is 0 Å². The molecule has 0 bridgehead atoms. The monoisotopic (exact) mass is 468 g/mol. The van der Waals surface area contributed by atoms with Gasteiger partial charge in [0, 0.05) is 28.5 Å². The minimum atomic E-state index is -0.389. The van der Waals surface area contributed by atoms with E-state index in [4.69, 9.17) is 16.7 Å². The summed E-state index contributed by atoms with van der Waals surface area (Å²) in [6.07, 6.45) is 1.24. The van der Waals surface area contributed by atoms with Gasteiger partial charge in [-0.15, -0.1) is 5.10 Å². The average molecular weight is 469 g/mol. The van der Waals surface area contributed by atoms with Crippen molar-refractivity contribution in [2.45, 2.75) is 43.6 Å². The number of nitrogens with zero attached hydrogens (tertiary/aromatic N) is 3. The fraction of sp³-hybridized carbons (Fsp3) is 0.292. The number of fused-ring (bicyclic) bond motifs is 1. The molecule has 1 aliphatic heterocycles. The number of anilines is 1. The van der Waals surface area contributed by atoms with Gasteiger partial charge in [0.1, 0.15) is 11.9 Å². The molecule has 0 radical (unpaired) electrons. The van der Waals surface area contributed by atoms with Gasteiger partial charge in [0.05, 0.1) is 0 Å². The number of Topliss-reactive ketones (excluding diaryl/α,β-unsaturated/α-hetero) is 1. The Labute approximate surface area is 195 Å². The van der Waals surface area contributed by atoms with E-state index in [1.165, 1.54) is 23.9 Å². The van der Waals surface area contributed by atoms with Crippen LogP contribution in [0.4, 0.5) is 10.3 Å². The lowest BCUT2D eigenvalue weighted by Crippen LogP contribution is -2.36. The Kier molecular flexibility index (Phi) is 5.34. The molecule has 0 spiro atoms. The summed E-state index contributed by atoms with van der Waals surface area (Å²) in [6.45, 7) is 4.20. The number of nitrogens with one attached hydrogen (secondary N) is 1. The van der Waals surface area contributed by atoms with Gasteiger partial charge in [-0.3, -0.25) is 4.79 Å². The summed E-state index contributed by atoms with van der Waals surface area (Å²) in [7, 11) is 0. The number of aromatic nitrogens is 3. The Hall–Kier alpha value is -2.64. The zero-order valence-corrected chi connectivity index (χ0v) is 19.3. The first kappa shape index (κ1) is 21.2. The average Bonchev–Trinajstić information content (AvgIpc) is 3.12. The molecule has 2 aliphatic rings. The van der Waals surface area contributed by atoms with Crippen LogP contribution in [0.2, 0.25) is 5.02 Å². The molecule has 1 aromatic heterocycles. The van der Waals surface area contributed by atoms with Crippen molar-refractivity contribution in [3.8, 4) is 0 Å². The Balaban J connectivity index is 1.53. The first-order valence-electron chi connectivity index (χ1n) is 10.4. The van der Waals surface area contributed by atoms with Crippen molar-refractivity contribution in [1.82, 2.24) is 14.8 Å². The van der Waals surface area contributed by atoms with E-state index in [1.54, 1.807) is 10.7 Å². The van der Waals surface area contributed by atoms with Crippen LogP contribution in [0.15, 0.2) is 65.0 Å².